The van der Waals surface area contributed by atoms with Gasteiger partial charge in [0.1, 0.15) is 0 Å². The van der Waals surface area contributed by atoms with Gasteiger partial charge in [0.25, 0.3) is 0 Å². The molecule has 2 aliphatic rings. The van der Waals surface area contributed by atoms with Gasteiger partial charge in [-0.15, -0.1) is 35.3 Å². The van der Waals surface area contributed by atoms with Crippen LogP contribution in [0.25, 0.3) is 0 Å². The highest BCUT2D eigenvalue weighted by atomic mass is 127. The van der Waals surface area contributed by atoms with Gasteiger partial charge in [-0.2, -0.15) is 0 Å². The molecule has 2 saturated heterocycles. The van der Waals surface area contributed by atoms with Gasteiger partial charge < -0.3 is 10.6 Å². The van der Waals surface area contributed by atoms with Gasteiger partial charge in [0, 0.05) is 37.6 Å². The standard InChI is InChI=1S/C20H35N5S.HI/c1-17-8-3-4-11-24(17)14-10-22-20(21-2)23-16-18(19-9-7-15-26-19)25-12-5-6-13-25;/h7,9,15,17-18H,3-6,8,10-14,16H2,1-2H3,(H2,21,22,23);1H. The number of aliphatic imine (C=N–C) groups is 1. The van der Waals surface area contributed by atoms with Gasteiger partial charge >= 0.3 is 0 Å². The minimum absolute atomic E-state index is 0. The summed E-state index contributed by atoms with van der Waals surface area (Å²) in [7, 11) is 1.87. The summed E-state index contributed by atoms with van der Waals surface area (Å²) in [6.45, 7) is 8.99. The lowest BCUT2D eigenvalue weighted by atomic mass is 10.0. The fraction of sp³-hybridized carbons (Fsp3) is 0.750. The number of hydrogen-bond donors (Lipinski definition) is 2. The Morgan fingerprint density at radius 1 is 1.22 bits per heavy atom. The van der Waals surface area contributed by atoms with Crippen molar-refractivity contribution >= 4 is 41.3 Å². The topological polar surface area (TPSA) is 42.9 Å². The van der Waals surface area contributed by atoms with E-state index in [4.69, 9.17) is 0 Å². The molecule has 2 atom stereocenters. The van der Waals surface area contributed by atoms with Gasteiger partial charge in [0.15, 0.2) is 5.96 Å². The van der Waals surface area contributed by atoms with E-state index in [1.807, 2.05) is 18.4 Å². The fourth-order valence-electron chi connectivity index (χ4n) is 4.17. The van der Waals surface area contributed by atoms with E-state index in [0.29, 0.717) is 6.04 Å². The largest absolute Gasteiger partial charge is 0.355 e. The van der Waals surface area contributed by atoms with E-state index in [2.05, 4.69) is 49.9 Å². The van der Waals surface area contributed by atoms with Crippen molar-refractivity contribution in [1.29, 1.82) is 0 Å². The first-order chi connectivity index (χ1) is 12.8. The van der Waals surface area contributed by atoms with Crippen LogP contribution in [-0.2, 0) is 0 Å². The molecule has 0 aliphatic carbocycles. The van der Waals surface area contributed by atoms with Crippen LogP contribution in [0, 0.1) is 0 Å². The highest BCUT2D eigenvalue weighted by Gasteiger charge is 2.24. The van der Waals surface area contributed by atoms with Crippen molar-refractivity contribution in [2.24, 2.45) is 4.99 Å². The average molecular weight is 506 g/mol. The van der Waals surface area contributed by atoms with Crippen LogP contribution in [0.3, 0.4) is 0 Å². The van der Waals surface area contributed by atoms with E-state index in [1.165, 1.54) is 56.6 Å². The molecule has 0 bridgehead atoms. The first-order valence-corrected chi connectivity index (χ1v) is 11.1. The smallest absolute Gasteiger partial charge is 0.191 e. The van der Waals surface area contributed by atoms with Gasteiger partial charge in [-0.3, -0.25) is 14.8 Å². The molecule has 1 aromatic rings. The maximum Gasteiger partial charge on any atom is 0.191 e. The van der Waals surface area contributed by atoms with E-state index in [-0.39, 0.29) is 24.0 Å². The zero-order valence-corrected chi connectivity index (χ0v) is 20.0. The lowest BCUT2D eigenvalue weighted by Gasteiger charge is -2.33. The molecule has 0 spiro atoms. The summed E-state index contributed by atoms with van der Waals surface area (Å²) >= 11 is 1.87. The summed E-state index contributed by atoms with van der Waals surface area (Å²) in [6, 6.07) is 5.61. The van der Waals surface area contributed by atoms with Crippen molar-refractivity contribution in [3.8, 4) is 0 Å². The molecule has 0 radical (unpaired) electrons. The number of piperidine rings is 1. The summed E-state index contributed by atoms with van der Waals surface area (Å²) in [6.07, 6.45) is 6.71. The normalized spacial score (nSPS) is 23.0. The first kappa shape index (κ1) is 22.9. The van der Waals surface area contributed by atoms with Crippen LogP contribution < -0.4 is 10.6 Å². The third-order valence-corrected chi connectivity index (χ3v) is 6.75. The average Bonchev–Trinajstić information content (AvgIpc) is 3.36. The van der Waals surface area contributed by atoms with E-state index in [0.717, 1.165) is 31.6 Å². The molecule has 7 heteroatoms. The Hall–Kier alpha value is -0.380. The van der Waals surface area contributed by atoms with Gasteiger partial charge in [-0.05, 0) is 63.7 Å². The van der Waals surface area contributed by atoms with Crippen LogP contribution >= 0.6 is 35.3 Å². The Kier molecular flexibility index (Phi) is 10.4. The zero-order valence-electron chi connectivity index (χ0n) is 16.8. The second-order valence-electron chi connectivity index (χ2n) is 7.53. The number of nitrogens with zero attached hydrogens (tertiary/aromatic N) is 3. The lowest BCUT2D eigenvalue weighted by Crippen LogP contribution is -2.46. The molecule has 2 N–H and O–H groups in total. The number of halogens is 1. The highest BCUT2D eigenvalue weighted by Crippen LogP contribution is 2.27. The van der Waals surface area contributed by atoms with Gasteiger partial charge in [-0.25, -0.2) is 0 Å². The predicted octanol–water partition coefficient (Wildman–Crippen LogP) is 3.54. The monoisotopic (exact) mass is 505 g/mol. The Morgan fingerprint density at radius 3 is 2.67 bits per heavy atom. The number of thiophene rings is 1. The quantitative estimate of drug-likeness (QED) is 0.338. The molecule has 27 heavy (non-hydrogen) atoms. The predicted molar refractivity (Wildman–Crippen MR) is 128 cm³/mol. The SMILES string of the molecule is CN=C(NCCN1CCCCC1C)NCC(c1cccs1)N1CCCC1.I. The van der Waals surface area contributed by atoms with Crippen LogP contribution in [-0.4, -0.2) is 68.1 Å². The van der Waals surface area contributed by atoms with E-state index in [1.54, 1.807) is 0 Å². The minimum atomic E-state index is 0. The fourth-order valence-corrected chi connectivity index (χ4v) is 5.03. The second-order valence-corrected chi connectivity index (χ2v) is 8.51. The molecule has 5 nitrogen and oxygen atoms in total. The summed E-state index contributed by atoms with van der Waals surface area (Å²) in [5.74, 6) is 0.926. The van der Waals surface area contributed by atoms with Gasteiger partial charge in [0.05, 0.1) is 6.04 Å². The van der Waals surface area contributed by atoms with Crippen molar-refractivity contribution in [3.63, 3.8) is 0 Å². The molecule has 0 aromatic carbocycles. The van der Waals surface area contributed by atoms with E-state index >= 15 is 0 Å². The van der Waals surface area contributed by atoms with Gasteiger partial charge in [-0.1, -0.05) is 12.5 Å². The molecule has 0 amide bonds. The number of likely N-dealkylation sites (tertiary alicyclic amines) is 2. The number of hydrogen-bond acceptors (Lipinski definition) is 4. The third kappa shape index (κ3) is 6.87. The van der Waals surface area contributed by atoms with Crippen LogP contribution in [0.2, 0.25) is 0 Å². The molecular formula is C20H36IN5S. The maximum absolute atomic E-state index is 4.43. The molecule has 2 aliphatic heterocycles. The second kappa shape index (κ2) is 12.2. The van der Waals surface area contributed by atoms with Crippen molar-refractivity contribution in [2.75, 3.05) is 46.3 Å². The molecule has 3 rings (SSSR count). The number of rotatable bonds is 7. The van der Waals surface area contributed by atoms with Crippen molar-refractivity contribution in [3.05, 3.63) is 22.4 Å². The number of nitrogens with one attached hydrogen (secondary N) is 2. The molecule has 1 aromatic heterocycles. The van der Waals surface area contributed by atoms with Gasteiger partial charge in [0.2, 0.25) is 0 Å². The van der Waals surface area contributed by atoms with Crippen molar-refractivity contribution < 1.29 is 0 Å². The molecular weight excluding hydrogens is 469 g/mol. The Bertz CT molecular complexity index is 545. The molecule has 2 fully saturated rings. The van der Waals surface area contributed by atoms with Crippen molar-refractivity contribution in [1.82, 2.24) is 20.4 Å². The Labute approximate surface area is 186 Å². The maximum atomic E-state index is 4.43. The van der Waals surface area contributed by atoms with Crippen LogP contribution in [0.15, 0.2) is 22.5 Å². The summed E-state index contributed by atoms with van der Waals surface area (Å²) < 4.78 is 0. The molecule has 2 unspecified atom stereocenters. The number of guanidine groups is 1. The van der Waals surface area contributed by atoms with E-state index in [9.17, 15) is 0 Å². The van der Waals surface area contributed by atoms with Crippen LogP contribution in [0.4, 0.5) is 0 Å². The van der Waals surface area contributed by atoms with Crippen LogP contribution in [0.5, 0.6) is 0 Å². The third-order valence-electron chi connectivity index (χ3n) is 5.77. The van der Waals surface area contributed by atoms with Crippen LogP contribution in [0.1, 0.15) is 49.9 Å². The zero-order chi connectivity index (χ0) is 18.2. The summed E-state index contributed by atoms with van der Waals surface area (Å²) in [5.41, 5.74) is 0. The van der Waals surface area contributed by atoms with Crippen molar-refractivity contribution in [2.45, 2.75) is 51.1 Å². The Morgan fingerprint density at radius 2 is 2.00 bits per heavy atom. The molecule has 154 valence electrons. The minimum Gasteiger partial charge on any atom is -0.355 e. The van der Waals surface area contributed by atoms with E-state index < -0.39 is 0 Å². The summed E-state index contributed by atoms with van der Waals surface area (Å²) in [5, 5.41) is 9.27. The first-order valence-electron chi connectivity index (χ1n) is 10.2. The lowest BCUT2D eigenvalue weighted by molar-refractivity contribution is 0.163. The highest BCUT2D eigenvalue weighted by molar-refractivity contribution is 14.0. The molecule has 3 heterocycles. The Balaban J connectivity index is 0.00000261. The molecule has 0 saturated carbocycles. The summed E-state index contributed by atoms with van der Waals surface area (Å²) in [4.78, 5) is 11.1.